The number of hydrogen-bond donors (Lipinski definition) is 0. The summed E-state index contributed by atoms with van der Waals surface area (Å²) in [5, 5.41) is 5.93. The van der Waals surface area contributed by atoms with Gasteiger partial charge in [0, 0.05) is 24.0 Å². The van der Waals surface area contributed by atoms with E-state index in [0.29, 0.717) is 0 Å². The second-order valence-corrected chi connectivity index (χ2v) is 6.46. The van der Waals surface area contributed by atoms with E-state index in [-0.39, 0.29) is 0 Å². The number of anilines is 1. The van der Waals surface area contributed by atoms with Crippen molar-refractivity contribution in [2.45, 2.75) is 19.3 Å². The molecular formula is C18H18N2S. The van der Waals surface area contributed by atoms with Crippen molar-refractivity contribution in [1.29, 1.82) is 0 Å². The van der Waals surface area contributed by atoms with Crippen molar-refractivity contribution in [2.24, 2.45) is 0 Å². The number of fused-ring (bicyclic) bond motifs is 1. The van der Waals surface area contributed by atoms with E-state index in [1.807, 2.05) is 0 Å². The van der Waals surface area contributed by atoms with Gasteiger partial charge < -0.3 is 4.90 Å². The van der Waals surface area contributed by atoms with Crippen LogP contribution in [0.2, 0.25) is 0 Å². The molecule has 0 atom stereocenters. The lowest BCUT2D eigenvalue weighted by molar-refractivity contribution is 0.577. The maximum Gasteiger partial charge on any atom is 0.185 e. The highest BCUT2D eigenvalue weighted by molar-refractivity contribution is 7.14. The number of thiazole rings is 1. The van der Waals surface area contributed by atoms with Crippen LogP contribution in [0.3, 0.4) is 0 Å². The van der Waals surface area contributed by atoms with Crippen LogP contribution in [-0.4, -0.2) is 18.1 Å². The van der Waals surface area contributed by atoms with E-state index in [2.05, 4.69) is 52.7 Å². The first-order chi connectivity index (χ1) is 10.4. The van der Waals surface area contributed by atoms with Gasteiger partial charge in [-0.2, -0.15) is 0 Å². The number of nitrogens with zero attached hydrogens (tertiary/aromatic N) is 2. The van der Waals surface area contributed by atoms with Crippen LogP contribution < -0.4 is 4.90 Å². The highest BCUT2D eigenvalue weighted by Gasteiger charge is 2.14. The van der Waals surface area contributed by atoms with Gasteiger partial charge in [-0.05, 0) is 36.1 Å². The van der Waals surface area contributed by atoms with E-state index < -0.39 is 0 Å². The molecule has 0 unspecified atom stereocenters. The fourth-order valence-electron chi connectivity index (χ4n) is 2.98. The minimum atomic E-state index is 1.10. The lowest BCUT2D eigenvalue weighted by Gasteiger charge is -2.25. The van der Waals surface area contributed by atoms with Gasteiger partial charge in [0.1, 0.15) is 0 Å². The molecule has 0 radical (unpaired) electrons. The Hall–Kier alpha value is -1.87. The molecule has 106 valence electrons. The first kappa shape index (κ1) is 12.8. The van der Waals surface area contributed by atoms with Crippen LogP contribution in [0.1, 0.15) is 19.3 Å². The molecule has 0 aliphatic carbocycles. The topological polar surface area (TPSA) is 16.1 Å². The molecule has 0 amide bonds. The molecule has 0 saturated carbocycles. The molecule has 0 N–H and O–H groups in total. The second-order valence-electron chi connectivity index (χ2n) is 5.62. The van der Waals surface area contributed by atoms with E-state index in [0.717, 1.165) is 18.8 Å². The van der Waals surface area contributed by atoms with Crippen molar-refractivity contribution < 1.29 is 0 Å². The van der Waals surface area contributed by atoms with Crippen molar-refractivity contribution in [1.82, 2.24) is 4.98 Å². The third-order valence-corrected chi connectivity index (χ3v) is 5.07. The summed E-state index contributed by atoms with van der Waals surface area (Å²) in [4.78, 5) is 7.28. The van der Waals surface area contributed by atoms with Crippen LogP contribution in [0.15, 0.2) is 47.8 Å². The molecule has 3 aromatic rings. The second kappa shape index (κ2) is 5.49. The van der Waals surface area contributed by atoms with Crippen LogP contribution >= 0.6 is 11.3 Å². The van der Waals surface area contributed by atoms with Crippen molar-refractivity contribution >= 4 is 27.2 Å². The Balaban J connectivity index is 1.67. The molecule has 1 aliphatic rings. The highest BCUT2D eigenvalue weighted by atomic mass is 32.1. The Kier molecular flexibility index (Phi) is 3.36. The normalized spacial score (nSPS) is 15.5. The van der Waals surface area contributed by atoms with Crippen molar-refractivity contribution in [3.05, 3.63) is 47.8 Å². The maximum atomic E-state index is 4.86. The molecule has 3 heteroatoms. The lowest BCUT2D eigenvalue weighted by Crippen LogP contribution is -2.29. The Morgan fingerprint density at radius 2 is 1.71 bits per heavy atom. The zero-order chi connectivity index (χ0) is 14.1. The summed E-state index contributed by atoms with van der Waals surface area (Å²) in [5.74, 6) is 0. The molecule has 2 nitrogen and oxygen atoms in total. The average Bonchev–Trinajstić information content (AvgIpc) is 3.05. The summed E-state index contributed by atoms with van der Waals surface area (Å²) in [6.45, 7) is 2.31. The van der Waals surface area contributed by atoms with Crippen LogP contribution in [0.5, 0.6) is 0 Å². The SMILES string of the molecule is c1ccc2cc(-c3csc(N4CCCCC4)n3)ccc2c1. The van der Waals surface area contributed by atoms with Gasteiger partial charge in [-0.25, -0.2) is 4.98 Å². The molecule has 21 heavy (non-hydrogen) atoms. The van der Waals surface area contributed by atoms with Crippen LogP contribution in [0.4, 0.5) is 5.13 Å². The Labute approximate surface area is 129 Å². The number of hydrogen-bond acceptors (Lipinski definition) is 3. The van der Waals surface area contributed by atoms with E-state index in [1.54, 1.807) is 11.3 Å². The van der Waals surface area contributed by atoms with Gasteiger partial charge in [-0.15, -0.1) is 11.3 Å². The zero-order valence-electron chi connectivity index (χ0n) is 12.0. The maximum absolute atomic E-state index is 4.86. The zero-order valence-corrected chi connectivity index (χ0v) is 12.8. The summed E-state index contributed by atoms with van der Waals surface area (Å²) in [7, 11) is 0. The van der Waals surface area contributed by atoms with Gasteiger partial charge in [0.05, 0.1) is 5.69 Å². The van der Waals surface area contributed by atoms with E-state index in [1.165, 1.54) is 40.7 Å². The van der Waals surface area contributed by atoms with Crippen LogP contribution in [0.25, 0.3) is 22.0 Å². The Morgan fingerprint density at radius 1 is 0.905 bits per heavy atom. The van der Waals surface area contributed by atoms with Gasteiger partial charge in [-0.1, -0.05) is 36.4 Å². The molecule has 0 bridgehead atoms. The van der Waals surface area contributed by atoms with Crippen molar-refractivity contribution in [2.75, 3.05) is 18.0 Å². The number of rotatable bonds is 2. The smallest absolute Gasteiger partial charge is 0.185 e. The highest BCUT2D eigenvalue weighted by Crippen LogP contribution is 2.30. The standard InChI is InChI=1S/C18H18N2S/c1-4-10-20(11-5-1)18-19-17(13-21-18)16-9-8-14-6-2-3-7-15(14)12-16/h2-3,6-9,12-13H,1,4-5,10-11H2. The van der Waals surface area contributed by atoms with Gasteiger partial charge in [0.2, 0.25) is 0 Å². The first-order valence-electron chi connectivity index (χ1n) is 7.60. The first-order valence-corrected chi connectivity index (χ1v) is 8.48. The molecule has 1 saturated heterocycles. The monoisotopic (exact) mass is 294 g/mol. The van der Waals surface area contributed by atoms with Gasteiger partial charge >= 0.3 is 0 Å². The fraction of sp³-hybridized carbons (Fsp3) is 0.278. The van der Waals surface area contributed by atoms with Crippen molar-refractivity contribution in [3.8, 4) is 11.3 Å². The largest absolute Gasteiger partial charge is 0.348 e. The summed E-state index contributed by atoms with van der Waals surface area (Å²) in [5.41, 5.74) is 2.32. The van der Waals surface area contributed by atoms with Crippen LogP contribution in [-0.2, 0) is 0 Å². The average molecular weight is 294 g/mol. The third-order valence-electron chi connectivity index (χ3n) is 4.16. The molecule has 2 heterocycles. The number of piperidine rings is 1. The van der Waals surface area contributed by atoms with E-state index in [4.69, 9.17) is 4.98 Å². The molecule has 2 aromatic carbocycles. The minimum Gasteiger partial charge on any atom is -0.348 e. The minimum absolute atomic E-state index is 1.10. The molecular weight excluding hydrogens is 276 g/mol. The quantitative estimate of drug-likeness (QED) is 0.664. The summed E-state index contributed by atoms with van der Waals surface area (Å²) >= 11 is 1.77. The third kappa shape index (κ3) is 2.54. The predicted molar refractivity (Wildman–Crippen MR) is 91.1 cm³/mol. The lowest BCUT2D eigenvalue weighted by atomic mass is 10.1. The number of aromatic nitrogens is 1. The Bertz CT molecular complexity index is 757. The van der Waals surface area contributed by atoms with Gasteiger partial charge in [0.25, 0.3) is 0 Å². The fourth-order valence-corrected chi connectivity index (χ4v) is 3.86. The molecule has 1 aliphatic heterocycles. The van der Waals surface area contributed by atoms with E-state index in [9.17, 15) is 0 Å². The van der Waals surface area contributed by atoms with Gasteiger partial charge in [0.15, 0.2) is 5.13 Å². The summed E-state index contributed by atoms with van der Waals surface area (Å²) in [6, 6.07) is 15.1. The van der Waals surface area contributed by atoms with Crippen LogP contribution in [0, 0.1) is 0 Å². The summed E-state index contributed by atoms with van der Waals surface area (Å²) < 4.78 is 0. The number of benzene rings is 2. The molecule has 1 aromatic heterocycles. The van der Waals surface area contributed by atoms with Crippen molar-refractivity contribution in [3.63, 3.8) is 0 Å². The van der Waals surface area contributed by atoms with Gasteiger partial charge in [-0.3, -0.25) is 0 Å². The Morgan fingerprint density at radius 3 is 2.57 bits per heavy atom. The molecule has 1 fully saturated rings. The summed E-state index contributed by atoms with van der Waals surface area (Å²) in [6.07, 6.45) is 3.95. The molecule has 0 spiro atoms. The van der Waals surface area contributed by atoms with E-state index >= 15 is 0 Å². The molecule has 4 rings (SSSR count). The predicted octanol–water partition coefficient (Wildman–Crippen LogP) is 4.95.